The van der Waals surface area contributed by atoms with Crippen molar-refractivity contribution < 1.29 is 8.42 Å². The maximum absolute atomic E-state index is 10.8. The smallest absolute Gasteiger partial charge is 0.236 e. The summed E-state index contributed by atoms with van der Waals surface area (Å²) in [6.07, 6.45) is 3.75. The van der Waals surface area contributed by atoms with Crippen LogP contribution in [-0.4, -0.2) is 18.6 Å². The van der Waals surface area contributed by atoms with Crippen LogP contribution in [0.25, 0.3) is 0 Å². The number of aromatic amines is 1. The number of hydrogen-bond acceptors (Lipinski definition) is 3. The molecule has 4 nitrogen and oxygen atoms in total. The van der Waals surface area contributed by atoms with E-state index >= 15 is 0 Å². The Labute approximate surface area is 80.7 Å². The minimum Gasteiger partial charge on any atom is -0.282 e. The Morgan fingerprint density at radius 1 is 1.62 bits per heavy atom. The van der Waals surface area contributed by atoms with Gasteiger partial charge >= 0.3 is 0 Å². The lowest BCUT2D eigenvalue weighted by Gasteiger charge is -1.97. The molecule has 0 aliphatic heterocycles. The van der Waals surface area contributed by atoms with Gasteiger partial charge in [0.05, 0.1) is 11.9 Å². The summed E-state index contributed by atoms with van der Waals surface area (Å²) in [6.45, 7) is 0. The monoisotopic (exact) mass is 220 g/mol. The number of halogens is 1. The summed E-state index contributed by atoms with van der Waals surface area (Å²) < 4.78 is 21.6. The van der Waals surface area contributed by atoms with E-state index in [0.717, 1.165) is 18.5 Å². The molecular formula is C7H9ClN2O2S. The highest BCUT2D eigenvalue weighted by Crippen LogP contribution is 2.40. The number of rotatable bonds is 3. The minimum atomic E-state index is -3.46. The van der Waals surface area contributed by atoms with Crippen LogP contribution in [0.3, 0.4) is 0 Å². The topological polar surface area (TPSA) is 62.8 Å². The molecule has 0 bridgehead atoms. The van der Waals surface area contributed by atoms with E-state index in [1.807, 2.05) is 0 Å². The molecule has 1 heterocycles. The molecule has 1 saturated carbocycles. The Hall–Kier alpha value is -0.550. The molecule has 2 rings (SSSR count). The van der Waals surface area contributed by atoms with Gasteiger partial charge in [-0.25, -0.2) is 8.42 Å². The van der Waals surface area contributed by atoms with Crippen LogP contribution in [0.5, 0.6) is 0 Å². The molecule has 1 aromatic heterocycles. The molecule has 0 spiro atoms. The van der Waals surface area contributed by atoms with E-state index in [4.69, 9.17) is 10.7 Å². The summed E-state index contributed by atoms with van der Waals surface area (Å²) in [4.78, 5) is 0. The fourth-order valence-electron chi connectivity index (χ4n) is 1.35. The molecule has 1 N–H and O–H groups in total. The first kappa shape index (κ1) is 9.02. The van der Waals surface area contributed by atoms with E-state index in [2.05, 4.69) is 10.2 Å². The Balaban J connectivity index is 2.24. The van der Waals surface area contributed by atoms with Crippen LogP contribution in [0.15, 0.2) is 6.20 Å². The predicted octanol–water partition coefficient (Wildman–Crippen LogP) is 1.36. The molecule has 1 fully saturated rings. The second kappa shape index (κ2) is 2.99. The first-order chi connectivity index (χ1) is 6.06. The molecular weight excluding hydrogens is 212 g/mol. The lowest BCUT2D eigenvalue weighted by atomic mass is 10.2. The van der Waals surface area contributed by atoms with E-state index in [-0.39, 0.29) is 5.75 Å². The molecule has 1 aliphatic rings. The zero-order valence-corrected chi connectivity index (χ0v) is 8.40. The third-order valence-electron chi connectivity index (χ3n) is 2.06. The maximum Gasteiger partial charge on any atom is 0.236 e. The van der Waals surface area contributed by atoms with Gasteiger partial charge in [-0.05, 0) is 12.8 Å². The minimum absolute atomic E-state index is 0.128. The van der Waals surface area contributed by atoms with Gasteiger partial charge in [0.2, 0.25) is 9.05 Å². The van der Waals surface area contributed by atoms with Crippen molar-refractivity contribution in [3.05, 3.63) is 17.5 Å². The second-order valence-corrected chi connectivity index (χ2v) is 6.04. The number of nitrogens with one attached hydrogen (secondary N) is 1. The van der Waals surface area contributed by atoms with Crippen LogP contribution in [0.2, 0.25) is 0 Å². The standard InChI is InChI=1S/C7H9ClN2O2S/c8-13(11,12)4-6-3-9-10-7(6)5-1-2-5/h3,5H,1-2,4H2,(H,9,10). The first-order valence-corrected chi connectivity index (χ1v) is 6.48. The van der Waals surface area contributed by atoms with Crippen LogP contribution in [0.4, 0.5) is 0 Å². The molecule has 0 unspecified atom stereocenters. The number of nitrogens with zero attached hydrogens (tertiary/aromatic N) is 1. The summed E-state index contributed by atoms with van der Waals surface area (Å²) in [5.41, 5.74) is 1.64. The van der Waals surface area contributed by atoms with E-state index in [0.29, 0.717) is 11.5 Å². The van der Waals surface area contributed by atoms with Gasteiger partial charge in [0.25, 0.3) is 0 Å². The van der Waals surface area contributed by atoms with Crippen LogP contribution in [-0.2, 0) is 14.8 Å². The highest BCUT2D eigenvalue weighted by atomic mass is 35.7. The third kappa shape index (κ3) is 2.22. The fraction of sp³-hybridized carbons (Fsp3) is 0.571. The largest absolute Gasteiger partial charge is 0.282 e. The average molecular weight is 221 g/mol. The van der Waals surface area contributed by atoms with Crippen molar-refractivity contribution in [2.45, 2.75) is 24.5 Å². The van der Waals surface area contributed by atoms with E-state index in [1.165, 1.54) is 6.20 Å². The van der Waals surface area contributed by atoms with Gasteiger partial charge in [0.1, 0.15) is 0 Å². The zero-order valence-electron chi connectivity index (χ0n) is 6.83. The van der Waals surface area contributed by atoms with Crippen molar-refractivity contribution in [3.8, 4) is 0 Å². The Morgan fingerprint density at radius 2 is 2.31 bits per heavy atom. The highest BCUT2D eigenvalue weighted by molar-refractivity contribution is 8.13. The summed E-state index contributed by atoms with van der Waals surface area (Å²) in [5, 5.41) is 6.64. The van der Waals surface area contributed by atoms with Crippen molar-refractivity contribution in [2.75, 3.05) is 0 Å². The van der Waals surface area contributed by atoms with Crippen LogP contribution in [0, 0.1) is 0 Å². The molecule has 0 radical (unpaired) electrons. The quantitative estimate of drug-likeness (QED) is 0.783. The van der Waals surface area contributed by atoms with Gasteiger partial charge in [-0.1, -0.05) is 0 Å². The molecule has 72 valence electrons. The van der Waals surface area contributed by atoms with Gasteiger partial charge in [0.15, 0.2) is 0 Å². The molecule has 0 amide bonds. The average Bonchev–Trinajstić information content (AvgIpc) is 2.72. The summed E-state index contributed by atoms with van der Waals surface area (Å²) in [5.74, 6) is 0.340. The van der Waals surface area contributed by atoms with Crippen molar-refractivity contribution in [3.63, 3.8) is 0 Å². The van der Waals surface area contributed by atoms with Crippen molar-refractivity contribution in [1.29, 1.82) is 0 Å². The number of hydrogen-bond donors (Lipinski definition) is 1. The molecule has 0 saturated heterocycles. The SMILES string of the molecule is O=S(=O)(Cl)Cc1cn[nH]c1C1CC1. The van der Waals surface area contributed by atoms with Crippen LogP contribution in [0.1, 0.15) is 30.0 Å². The molecule has 1 aliphatic carbocycles. The summed E-state index contributed by atoms with van der Waals surface area (Å²) in [6, 6.07) is 0. The molecule has 1 aromatic rings. The molecule has 0 atom stereocenters. The van der Waals surface area contributed by atoms with E-state index in [1.54, 1.807) is 0 Å². The molecule has 0 aromatic carbocycles. The van der Waals surface area contributed by atoms with E-state index in [9.17, 15) is 8.42 Å². The second-order valence-electron chi connectivity index (χ2n) is 3.27. The number of H-pyrrole nitrogens is 1. The lowest BCUT2D eigenvalue weighted by molar-refractivity contribution is 0.608. The Morgan fingerprint density at radius 3 is 2.85 bits per heavy atom. The summed E-state index contributed by atoms with van der Waals surface area (Å²) in [7, 11) is 1.69. The molecule has 13 heavy (non-hydrogen) atoms. The third-order valence-corrected chi connectivity index (χ3v) is 3.05. The first-order valence-electron chi connectivity index (χ1n) is 4.01. The van der Waals surface area contributed by atoms with Gasteiger partial charge in [0, 0.05) is 27.9 Å². The predicted molar refractivity (Wildman–Crippen MR) is 49.0 cm³/mol. The van der Waals surface area contributed by atoms with Gasteiger partial charge in [-0.2, -0.15) is 5.10 Å². The van der Waals surface area contributed by atoms with Gasteiger partial charge in [-0.15, -0.1) is 0 Å². The van der Waals surface area contributed by atoms with Gasteiger partial charge < -0.3 is 0 Å². The van der Waals surface area contributed by atoms with Crippen molar-refractivity contribution in [1.82, 2.24) is 10.2 Å². The summed E-state index contributed by atoms with van der Waals surface area (Å²) >= 11 is 0. The van der Waals surface area contributed by atoms with E-state index < -0.39 is 9.05 Å². The zero-order chi connectivity index (χ0) is 9.47. The van der Waals surface area contributed by atoms with Crippen molar-refractivity contribution in [2.24, 2.45) is 0 Å². The Bertz CT molecular complexity index is 408. The highest BCUT2D eigenvalue weighted by Gasteiger charge is 2.28. The number of aromatic nitrogens is 2. The van der Waals surface area contributed by atoms with Gasteiger partial charge in [-0.3, -0.25) is 5.10 Å². The Kier molecular flexibility index (Phi) is 2.08. The van der Waals surface area contributed by atoms with Crippen molar-refractivity contribution >= 4 is 19.7 Å². The lowest BCUT2D eigenvalue weighted by Crippen LogP contribution is -1.97. The van der Waals surface area contributed by atoms with Crippen LogP contribution >= 0.6 is 10.7 Å². The normalized spacial score (nSPS) is 17.6. The van der Waals surface area contributed by atoms with Crippen LogP contribution < -0.4 is 0 Å². The molecule has 6 heteroatoms. The maximum atomic E-state index is 10.8. The fourth-order valence-corrected chi connectivity index (χ4v) is 2.30.